The lowest BCUT2D eigenvalue weighted by Crippen LogP contribution is -2.18. The summed E-state index contributed by atoms with van der Waals surface area (Å²) in [6.07, 6.45) is 5.32. The number of ether oxygens (including phenoxy) is 1. The Balaban J connectivity index is 1.34. The number of fused-ring (bicyclic) bond motifs is 4. The summed E-state index contributed by atoms with van der Waals surface area (Å²) in [5, 5.41) is 12.9. The summed E-state index contributed by atoms with van der Waals surface area (Å²) in [5.74, 6) is -1.02. The maximum Gasteiger partial charge on any atom is 0.412 e. The van der Waals surface area contributed by atoms with Crippen molar-refractivity contribution in [3.63, 3.8) is 0 Å². The minimum absolute atomic E-state index is 0.0318. The van der Waals surface area contributed by atoms with Gasteiger partial charge in [-0.05, 0) is 53.5 Å². The number of carbonyl (C=O) groups excluding carboxylic acids is 1. The van der Waals surface area contributed by atoms with Crippen LogP contribution in [-0.2, 0) is 17.6 Å². The van der Waals surface area contributed by atoms with Crippen molar-refractivity contribution >= 4 is 28.4 Å². The van der Waals surface area contributed by atoms with Crippen molar-refractivity contribution in [3.8, 4) is 11.1 Å². The van der Waals surface area contributed by atoms with Gasteiger partial charge in [0, 0.05) is 10.8 Å². The van der Waals surface area contributed by atoms with Crippen molar-refractivity contribution in [2.24, 2.45) is 0 Å². The zero-order valence-electron chi connectivity index (χ0n) is 17.7. The fraction of sp³-hybridized carbons (Fsp3) is 0.308. The fourth-order valence-electron chi connectivity index (χ4n) is 4.96. The molecule has 2 aliphatic carbocycles. The number of anilines is 1. The molecule has 0 bridgehead atoms. The first-order valence-electron chi connectivity index (χ1n) is 11.1. The van der Waals surface area contributed by atoms with Gasteiger partial charge in [-0.25, -0.2) is 9.59 Å². The number of carboxylic acid groups (broad SMARTS) is 1. The molecule has 0 saturated heterocycles. The van der Waals surface area contributed by atoms with Crippen molar-refractivity contribution in [2.45, 2.75) is 44.4 Å². The molecule has 0 unspecified atom stereocenters. The topological polar surface area (TPSA) is 75.6 Å². The van der Waals surface area contributed by atoms with Gasteiger partial charge in [0.2, 0.25) is 0 Å². The van der Waals surface area contributed by atoms with E-state index in [1.165, 1.54) is 22.5 Å². The van der Waals surface area contributed by atoms with E-state index >= 15 is 0 Å². The molecule has 2 aromatic carbocycles. The van der Waals surface area contributed by atoms with Gasteiger partial charge in [-0.3, -0.25) is 5.32 Å². The Morgan fingerprint density at radius 3 is 2.22 bits per heavy atom. The Labute approximate surface area is 191 Å². The first kappa shape index (κ1) is 20.8. The van der Waals surface area contributed by atoms with Crippen LogP contribution in [0.1, 0.15) is 63.5 Å². The van der Waals surface area contributed by atoms with Gasteiger partial charge in [-0.1, -0.05) is 61.4 Å². The van der Waals surface area contributed by atoms with Crippen LogP contribution in [0.5, 0.6) is 0 Å². The Kier molecular flexibility index (Phi) is 5.70. The maximum absolute atomic E-state index is 12.7. The zero-order chi connectivity index (χ0) is 22.1. The third kappa shape index (κ3) is 3.79. The molecule has 0 spiro atoms. The summed E-state index contributed by atoms with van der Waals surface area (Å²) in [6.45, 7) is 0.202. The number of amides is 1. The molecule has 32 heavy (non-hydrogen) atoms. The third-order valence-corrected chi connectivity index (χ3v) is 7.65. The minimum Gasteiger partial charge on any atom is -0.478 e. The van der Waals surface area contributed by atoms with Gasteiger partial charge in [-0.2, -0.15) is 0 Å². The second kappa shape index (κ2) is 8.79. The van der Waals surface area contributed by atoms with E-state index in [0.29, 0.717) is 5.00 Å². The first-order chi connectivity index (χ1) is 15.6. The summed E-state index contributed by atoms with van der Waals surface area (Å²) < 4.78 is 5.62. The average molecular weight is 448 g/mol. The molecule has 2 aliphatic rings. The van der Waals surface area contributed by atoms with Crippen LogP contribution < -0.4 is 5.32 Å². The van der Waals surface area contributed by atoms with Gasteiger partial charge >= 0.3 is 12.1 Å². The fourth-order valence-corrected chi connectivity index (χ4v) is 6.23. The molecular formula is C26H25NO4S. The van der Waals surface area contributed by atoms with Crippen LogP contribution >= 0.6 is 11.3 Å². The Morgan fingerprint density at radius 1 is 0.938 bits per heavy atom. The number of benzene rings is 2. The molecule has 1 heterocycles. The molecule has 0 atom stereocenters. The number of carboxylic acids is 1. The van der Waals surface area contributed by atoms with Crippen LogP contribution in [0.3, 0.4) is 0 Å². The normalized spacial score (nSPS) is 15.1. The second-order valence-electron chi connectivity index (χ2n) is 8.38. The number of hydrogen-bond donors (Lipinski definition) is 2. The van der Waals surface area contributed by atoms with Crippen LogP contribution in [0, 0.1) is 0 Å². The molecule has 1 aromatic heterocycles. The van der Waals surface area contributed by atoms with Gasteiger partial charge in [0.25, 0.3) is 0 Å². The van der Waals surface area contributed by atoms with Crippen LogP contribution in [0.25, 0.3) is 11.1 Å². The van der Waals surface area contributed by atoms with Crippen LogP contribution in [0.4, 0.5) is 9.80 Å². The van der Waals surface area contributed by atoms with Gasteiger partial charge in [-0.15, -0.1) is 11.3 Å². The number of aryl methyl sites for hydroxylation is 1. The molecule has 164 valence electrons. The Bertz CT molecular complexity index is 1140. The predicted octanol–water partition coefficient (Wildman–Crippen LogP) is 6.47. The standard InChI is InChI=1S/C26H25NO4S/c28-25(29)23-20-13-3-1-2-4-14-22(20)32-24(23)27-26(30)31-15-21-18-11-7-5-9-16(18)17-10-6-8-12-19(17)21/h5-12,21H,1-4,13-15H2,(H,27,30)(H,28,29). The van der Waals surface area contributed by atoms with Gasteiger partial charge < -0.3 is 9.84 Å². The van der Waals surface area contributed by atoms with Crippen molar-refractivity contribution < 1.29 is 19.4 Å². The molecule has 1 amide bonds. The molecule has 0 radical (unpaired) electrons. The Morgan fingerprint density at radius 2 is 1.56 bits per heavy atom. The third-order valence-electron chi connectivity index (χ3n) is 6.44. The van der Waals surface area contributed by atoms with Crippen molar-refractivity contribution in [2.75, 3.05) is 11.9 Å². The minimum atomic E-state index is -0.989. The SMILES string of the molecule is O=C(Nc1sc2c(c1C(=O)O)CCCCCC2)OCC1c2ccccc2-c2ccccc21. The highest BCUT2D eigenvalue weighted by Crippen LogP contribution is 2.44. The Hall–Kier alpha value is -3.12. The van der Waals surface area contributed by atoms with E-state index in [2.05, 4.69) is 29.6 Å². The van der Waals surface area contributed by atoms with E-state index in [0.717, 1.165) is 60.1 Å². The summed E-state index contributed by atoms with van der Waals surface area (Å²) in [5.41, 5.74) is 5.75. The number of rotatable bonds is 4. The molecule has 0 fully saturated rings. The number of carbonyl (C=O) groups is 2. The van der Waals surface area contributed by atoms with Crippen LogP contribution in [0.2, 0.25) is 0 Å². The van der Waals surface area contributed by atoms with E-state index in [4.69, 9.17) is 4.74 Å². The highest BCUT2D eigenvalue weighted by Gasteiger charge is 2.30. The molecule has 0 aliphatic heterocycles. The summed E-state index contributed by atoms with van der Waals surface area (Å²) >= 11 is 1.38. The first-order valence-corrected chi connectivity index (χ1v) is 11.9. The summed E-state index contributed by atoms with van der Waals surface area (Å²) in [4.78, 5) is 25.8. The van der Waals surface area contributed by atoms with Crippen LogP contribution in [-0.4, -0.2) is 23.8 Å². The highest BCUT2D eigenvalue weighted by molar-refractivity contribution is 7.17. The van der Waals surface area contributed by atoms with Crippen molar-refractivity contribution in [3.05, 3.63) is 75.7 Å². The number of aromatic carboxylic acids is 1. The zero-order valence-corrected chi connectivity index (χ0v) is 18.5. The molecule has 6 heteroatoms. The van der Waals surface area contributed by atoms with Gasteiger partial charge in [0.15, 0.2) is 0 Å². The van der Waals surface area contributed by atoms with Gasteiger partial charge in [0.1, 0.15) is 11.6 Å². The van der Waals surface area contributed by atoms with E-state index in [-0.39, 0.29) is 18.1 Å². The van der Waals surface area contributed by atoms with E-state index in [9.17, 15) is 14.7 Å². The van der Waals surface area contributed by atoms with E-state index in [1.54, 1.807) is 0 Å². The van der Waals surface area contributed by atoms with Gasteiger partial charge in [0.05, 0.1) is 5.56 Å². The molecule has 5 rings (SSSR count). The lowest BCUT2D eigenvalue weighted by Gasteiger charge is -2.14. The predicted molar refractivity (Wildman–Crippen MR) is 126 cm³/mol. The molecule has 3 aromatic rings. The van der Waals surface area contributed by atoms with Crippen molar-refractivity contribution in [1.29, 1.82) is 0 Å². The lowest BCUT2D eigenvalue weighted by molar-refractivity contribution is 0.0697. The number of thiophene rings is 1. The number of hydrogen-bond acceptors (Lipinski definition) is 4. The van der Waals surface area contributed by atoms with E-state index < -0.39 is 12.1 Å². The summed E-state index contributed by atoms with van der Waals surface area (Å²) in [6, 6.07) is 16.4. The summed E-state index contributed by atoms with van der Waals surface area (Å²) in [7, 11) is 0. The maximum atomic E-state index is 12.7. The second-order valence-corrected chi connectivity index (χ2v) is 9.48. The van der Waals surface area contributed by atoms with Crippen LogP contribution in [0.15, 0.2) is 48.5 Å². The highest BCUT2D eigenvalue weighted by atomic mass is 32.1. The molecular weight excluding hydrogens is 422 g/mol. The van der Waals surface area contributed by atoms with E-state index in [1.807, 2.05) is 24.3 Å². The smallest absolute Gasteiger partial charge is 0.412 e. The monoisotopic (exact) mass is 447 g/mol. The largest absolute Gasteiger partial charge is 0.478 e. The number of nitrogens with one attached hydrogen (secondary N) is 1. The average Bonchev–Trinajstić information content (AvgIpc) is 3.27. The molecule has 5 nitrogen and oxygen atoms in total. The molecule has 0 saturated carbocycles. The lowest BCUT2D eigenvalue weighted by atomic mass is 9.96. The quantitative estimate of drug-likeness (QED) is 0.481. The van der Waals surface area contributed by atoms with Crippen molar-refractivity contribution in [1.82, 2.24) is 0 Å². The molecule has 2 N–H and O–H groups in total.